The predicted molar refractivity (Wildman–Crippen MR) is 53.0 cm³/mol. The maximum atomic E-state index is 5.07. The summed E-state index contributed by atoms with van der Waals surface area (Å²) in [6.45, 7) is 0. The zero-order chi connectivity index (χ0) is 9.97. The van der Waals surface area contributed by atoms with Crippen LogP contribution in [-0.4, -0.2) is 22.6 Å². The summed E-state index contributed by atoms with van der Waals surface area (Å²) in [5.41, 5.74) is 1.61. The maximum absolute atomic E-state index is 5.07. The molecule has 2 aromatic rings. The molecular formula is C8H5N3O2S. The lowest BCUT2D eigenvalue weighted by molar-refractivity contribution is 0.314. The number of rotatable bonds is 2. The lowest BCUT2D eigenvalue weighted by Crippen LogP contribution is -1.84. The summed E-state index contributed by atoms with van der Waals surface area (Å²) in [4.78, 5) is 3.83. The smallest absolute Gasteiger partial charge is 0.179 e. The van der Waals surface area contributed by atoms with Crippen LogP contribution in [0.4, 0.5) is 5.69 Å². The number of aliphatic imine (C=N–C) groups is 1. The van der Waals surface area contributed by atoms with E-state index in [9.17, 15) is 0 Å². The van der Waals surface area contributed by atoms with E-state index in [2.05, 4.69) is 37.3 Å². The Morgan fingerprint density at radius 1 is 1.43 bits per heavy atom. The third kappa shape index (κ3) is 1.26. The molecule has 1 aromatic heterocycles. The van der Waals surface area contributed by atoms with Crippen molar-refractivity contribution < 1.29 is 9.37 Å². The van der Waals surface area contributed by atoms with Gasteiger partial charge in [0.25, 0.3) is 0 Å². The maximum Gasteiger partial charge on any atom is 0.179 e. The number of hydrogen-bond acceptors (Lipinski definition) is 6. The van der Waals surface area contributed by atoms with E-state index in [-0.39, 0.29) is 0 Å². The quantitative estimate of drug-likeness (QED) is 0.556. The Bertz CT molecular complexity index is 516. The van der Waals surface area contributed by atoms with E-state index in [0.29, 0.717) is 22.5 Å². The van der Waals surface area contributed by atoms with E-state index >= 15 is 0 Å². The third-order valence-electron chi connectivity index (χ3n) is 1.74. The Morgan fingerprint density at radius 3 is 2.93 bits per heavy atom. The molecule has 0 bridgehead atoms. The van der Waals surface area contributed by atoms with Gasteiger partial charge in [0.15, 0.2) is 16.8 Å². The van der Waals surface area contributed by atoms with Gasteiger partial charge in [-0.05, 0) is 34.7 Å². The second-order valence-corrected chi connectivity index (χ2v) is 2.63. The van der Waals surface area contributed by atoms with Gasteiger partial charge in [0.2, 0.25) is 0 Å². The Morgan fingerprint density at radius 2 is 2.21 bits per heavy atom. The number of isothiocyanates is 1. The van der Waals surface area contributed by atoms with E-state index in [1.54, 1.807) is 19.2 Å². The molecule has 0 aliphatic heterocycles. The predicted octanol–water partition coefficient (Wildman–Crippen LogP) is 1.97. The second-order valence-electron chi connectivity index (χ2n) is 2.45. The molecule has 0 aliphatic rings. The molecule has 2 rings (SSSR count). The highest BCUT2D eigenvalue weighted by Gasteiger charge is 2.11. The normalized spacial score (nSPS) is 9.79. The first-order valence-corrected chi connectivity index (χ1v) is 4.15. The molecule has 6 heteroatoms. The molecule has 0 aliphatic carbocycles. The van der Waals surface area contributed by atoms with Crippen molar-refractivity contribution in [3.63, 3.8) is 0 Å². The van der Waals surface area contributed by atoms with Gasteiger partial charge in [-0.25, -0.2) is 4.63 Å². The van der Waals surface area contributed by atoms with E-state index in [1.807, 2.05) is 0 Å². The van der Waals surface area contributed by atoms with Gasteiger partial charge in [-0.15, -0.1) is 0 Å². The summed E-state index contributed by atoms with van der Waals surface area (Å²) in [6, 6.07) is 3.43. The zero-order valence-electron chi connectivity index (χ0n) is 7.22. The molecule has 0 fully saturated rings. The van der Waals surface area contributed by atoms with Crippen LogP contribution in [0.1, 0.15) is 0 Å². The molecule has 0 saturated carbocycles. The number of fused-ring (bicyclic) bond motifs is 1. The first-order chi connectivity index (χ1) is 6.86. The minimum absolute atomic E-state index is 0.515. The molecule has 0 atom stereocenters. The molecule has 70 valence electrons. The van der Waals surface area contributed by atoms with Crippen molar-refractivity contribution >= 4 is 34.1 Å². The van der Waals surface area contributed by atoms with Crippen LogP contribution in [0.5, 0.6) is 5.75 Å². The van der Waals surface area contributed by atoms with Crippen molar-refractivity contribution in [2.24, 2.45) is 4.99 Å². The first kappa shape index (κ1) is 8.80. The molecule has 0 saturated heterocycles. The SMILES string of the molecule is COc1ccc(N=C=S)c2nonc12. The fourth-order valence-electron chi connectivity index (χ4n) is 1.13. The number of benzene rings is 1. The van der Waals surface area contributed by atoms with Crippen LogP contribution in [0.2, 0.25) is 0 Å². The summed E-state index contributed by atoms with van der Waals surface area (Å²) in [5.74, 6) is 0.588. The molecular weight excluding hydrogens is 202 g/mol. The van der Waals surface area contributed by atoms with Gasteiger partial charge in [0.05, 0.1) is 12.3 Å². The fraction of sp³-hybridized carbons (Fsp3) is 0.125. The molecule has 0 spiro atoms. The highest BCUT2D eigenvalue weighted by atomic mass is 32.1. The van der Waals surface area contributed by atoms with E-state index in [4.69, 9.17) is 4.74 Å². The van der Waals surface area contributed by atoms with E-state index in [1.165, 1.54) is 0 Å². The van der Waals surface area contributed by atoms with Gasteiger partial charge >= 0.3 is 0 Å². The molecule has 1 heterocycles. The van der Waals surface area contributed by atoms with Crippen LogP contribution in [0.15, 0.2) is 21.8 Å². The van der Waals surface area contributed by atoms with Crippen molar-refractivity contribution in [1.29, 1.82) is 0 Å². The Kier molecular flexibility index (Phi) is 2.22. The van der Waals surface area contributed by atoms with Gasteiger partial charge in [0, 0.05) is 0 Å². The molecule has 0 unspecified atom stereocenters. The number of nitrogens with zero attached hydrogens (tertiary/aromatic N) is 3. The third-order valence-corrected chi connectivity index (χ3v) is 1.83. The second kappa shape index (κ2) is 3.53. The zero-order valence-corrected chi connectivity index (χ0v) is 8.04. The first-order valence-electron chi connectivity index (χ1n) is 3.74. The molecule has 0 amide bonds. The lowest BCUT2D eigenvalue weighted by atomic mass is 10.2. The highest BCUT2D eigenvalue weighted by Crippen LogP contribution is 2.29. The van der Waals surface area contributed by atoms with Crippen molar-refractivity contribution in [2.45, 2.75) is 0 Å². The average molecular weight is 207 g/mol. The average Bonchev–Trinajstić information content (AvgIpc) is 2.67. The topological polar surface area (TPSA) is 60.5 Å². The standard InChI is InChI=1S/C8H5N3O2S/c1-12-6-3-2-5(9-4-14)7-8(6)11-13-10-7/h2-3H,1H3. The fourth-order valence-corrected chi connectivity index (χ4v) is 1.23. The van der Waals surface area contributed by atoms with Crippen molar-refractivity contribution in [2.75, 3.05) is 7.11 Å². The van der Waals surface area contributed by atoms with Gasteiger partial charge in [-0.1, -0.05) is 0 Å². The molecule has 5 nitrogen and oxygen atoms in total. The van der Waals surface area contributed by atoms with Crippen LogP contribution in [-0.2, 0) is 0 Å². The molecule has 0 N–H and O–H groups in total. The van der Waals surface area contributed by atoms with E-state index in [0.717, 1.165) is 0 Å². The van der Waals surface area contributed by atoms with Crippen LogP contribution in [0.3, 0.4) is 0 Å². The summed E-state index contributed by atoms with van der Waals surface area (Å²) in [7, 11) is 1.55. The summed E-state index contributed by atoms with van der Waals surface area (Å²) >= 11 is 4.51. The van der Waals surface area contributed by atoms with Gasteiger partial charge < -0.3 is 4.74 Å². The van der Waals surface area contributed by atoms with Crippen LogP contribution < -0.4 is 4.74 Å². The summed E-state index contributed by atoms with van der Waals surface area (Å²) in [5, 5.41) is 9.66. The Balaban J connectivity index is 2.77. The number of hydrogen-bond donors (Lipinski definition) is 0. The number of aromatic nitrogens is 2. The van der Waals surface area contributed by atoms with Gasteiger partial charge in [-0.3, -0.25) is 0 Å². The summed E-state index contributed by atoms with van der Waals surface area (Å²) in [6.07, 6.45) is 0. The largest absolute Gasteiger partial charge is 0.494 e. The number of ether oxygens (including phenoxy) is 1. The van der Waals surface area contributed by atoms with Gasteiger partial charge in [0.1, 0.15) is 5.69 Å². The number of thiocarbonyl (C=S) groups is 1. The Hall–Kier alpha value is -1.78. The van der Waals surface area contributed by atoms with Crippen LogP contribution >= 0.6 is 12.2 Å². The Labute approximate surface area is 84.3 Å². The summed E-state index contributed by atoms with van der Waals surface area (Å²) < 4.78 is 9.66. The molecule has 0 radical (unpaired) electrons. The monoisotopic (exact) mass is 207 g/mol. The van der Waals surface area contributed by atoms with Crippen molar-refractivity contribution in [3.8, 4) is 5.75 Å². The minimum Gasteiger partial charge on any atom is -0.494 e. The lowest BCUT2D eigenvalue weighted by Gasteiger charge is -1.98. The van der Waals surface area contributed by atoms with Crippen LogP contribution in [0, 0.1) is 0 Å². The molecule has 14 heavy (non-hydrogen) atoms. The van der Waals surface area contributed by atoms with Crippen LogP contribution in [0.25, 0.3) is 11.0 Å². The highest BCUT2D eigenvalue weighted by molar-refractivity contribution is 7.78. The van der Waals surface area contributed by atoms with Crippen molar-refractivity contribution in [1.82, 2.24) is 10.3 Å². The van der Waals surface area contributed by atoms with E-state index < -0.39 is 0 Å². The minimum atomic E-state index is 0.515. The molecule has 1 aromatic carbocycles. The van der Waals surface area contributed by atoms with Crippen molar-refractivity contribution in [3.05, 3.63) is 12.1 Å². The number of methoxy groups -OCH3 is 1. The van der Waals surface area contributed by atoms with Gasteiger partial charge in [-0.2, -0.15) is 4.99 Å².